The highest BCUT2D eigenvalue weighted by Crippen LogP contribution is 2.27. The summed E-state index contributed by atoms with van der Waals surface area (Å²) in [7, 11) is -3.54. The summed E-state index contributed by atoms with van der Waals surface area (Å²) in [6.45, 7) is 9.92. The van der Waals surface area contributed by atoms with E-state index in [-0.39, 0.29) is 11.8 Å². The highest BCUT2D eigenvalue weighted by molar-refractivity contribution is 7.89. The Morgan fingerprint density at radius 2 is 1.79 bits per heavy atom. The zero-order valence-corrected chi connectivity index (χ0v) is 21.3. The van der Waals surface area contributed by atoms with Crippen molar-refractivity contribution < 1.29 is 13.2 Å². The number of likely N-dealkylation sites (tertiary alicyclic amines) is 1. The first-order valence-corrected chi connectivity index (χ1v) is 14.1. The van der Waals surface area contributed by atoms with Gasteiger partial charge in [0.05, 0.1) is 10.6 Å². The van der Waals surface area contributed by atoms with Crippen LogP contribution in [-0.2, 0) is 21.4 Å². The topological polar surface area (TPSA) is 82.6 Å². The number of aromatic nitrogens is 1. The van der Waals surface area contributed by atoms with Gasteiger partial charge in [-0.05, 0) is 81.8 Å². The van der Waals surface area contributed by atoms with Gasteiger partial charge in [0.2, 0.25) is 15.9 Å². The maximum Gasteiger partial charge on any atom is 0.243 e. The number of amides is 1. The van der Waals surface area contributed by atoms with Crippen molar-refractivity contribution in [2.75, 3.05) is 31.5 Å². The molecule has 1 aromatic heterocycles. The number of sulfonamides is 1. The van der Waals surface area contributed by atoms with E-state index in [0.717, 1.165) is 42.4 Å². The molecule has 0 aliphatic carbocycles. The second-order valence-electron chi connectivity index (χ2n) is 9.52. The van der Waals surface area contributed by atoms with E-state index in [1.54, 1.807) is 12.1 Å². The van der Waals surface area contributed by atoms with Crippen LogP contribution < -0.4 is 5.32 Å². The van der Waals surface area contributed by atoms with E-state index in [4.69, 9.17) is 0 Å². The zero-order valence-electron chi connectivity index (χ0n) is 19.7. The maximum atomic E-state index is 13.0. The van der Waals surface area contributed by atoms with E-state index >= 15 is 0 Å². The lowest BCUT2D eigenvalue weighted by molar-refractivity contribution is -0.120. The molecule has 2 aliphatic heterocycles. The molecule has 1 N–H and O–H groups in total. The molecule has 1 amide bonds. The van der Waals surface area contributed by atoms with Crippen LogP contribution in [0.5, 0.6) is 0 Å². The predicted molar refractivity (Wildman–Crippen MR) is 132 cm³/mol. The molecule has 3 heterocycles. The average molecular weight is 491 g/mol. The molecule has 0 radical (unpaired) electrons. The summed E-state index contributed by atoms with van der Waals surface area (Å²) >= 11 is 1.46. The van der Waals surface area contributed by atoms with Gasteiger partial charge in [-0.1, -0.05) is 13.0 Å². The van der Waals surface area contributed by atoms with Gasteiger partial charge in [-0.15, -0.1) is 11.3 Å². The number of benzene rings is 1. The predicted octanol–water partition coefficient (Wildman–Crippen LogP) is 4.03. The van der Waals surface area contributed by atoms with Crippen LogP contribution in [0, 0.1) is 25.7 Å². The van der Waals surface area contributed by atoms with Crippen molar-refractivity contribution >= 4 is 32.4 Å². The van der Waals surface area contributed by atoms with E-state index in [0.29, 0.717) is 36.0 Å². The Bertz CT molecular complexity index is 1080. The number of carbonyl (C=O) groups is 1. The number of aryl methyl sites for hydroxylation is 2. The van der Waals surface area contributed by atoms with Gasteiger partial charge in [-0.25, -0.2) is 13.4 Å². The van der Waals surface area contributed by atoms with Gasteiger partial charge in [0.25, 0.3) is 0 Å². The first kappa shape index (κ1) is 24.3. The average Bonchev–Trinajstić information content (AvgIpc) is 3.23. The Morgan fingerprint density at radius 1 is 1.09 bits per heavy atom. The summed E-state index contributed by atoms with van der Waals surface area (Å²) in [6, 6.07) is 5.24. The number of rotatable bonds is 6. The van der Waals surface area contributed by atoms with Gasteiger partial charge in [0.1, 0.15) is 0 Å². The lowest BCUT2D eigenvalue weighted by Gasteiger charge is -2.30. The number of nitrogens with zero attached hydrogens (tertiary/aromatic N) is 3. The van der Waals surface area contributed by atoms with Crippen LogP contribution in [0.25, 0.3) is 0 Å². The van der Waals surface area contributed by atoms with E-state index in [9.17, 15) is 13.2 Å². The van der Waals surface area contributed by atoms with Gasteiger partial charge < -0.3 is 5.32 Å². The van der Waals surface area contributed by atoms with Crippen molar-refractivity contribution in [2.24, 2.45) is 11.8 Å². The van der Waals surface area contributed by atoms with Gasteiger partial charge in [-0.3, -0.25) is 9.69 Å². The van der Waals surface area contributed by atoms with Crippen molar-refractivity contribution in [1.82, 2.24) is 14.2 Å². The summed E-state index contributed by atoms with van der Waals surface area (Å²) in [4.78, 5) is 20.1. The van der Waals surface area contributed by atoms with Crippen molar-refractivity contribution in [2.45, 2.75) is 57.9 Å². The molecule has 2 aromatic rings. The summed E-state index contributed by atoms with van der Waals surface area (Å²) in [5.41, 5.74) is 3.03. The van der Waals surface area contributed by atoms with E-state index in [1.807, 2.05) is 25.3 Å². The summed E-state index contributed by atoms with van der Waals surface area (Å²) in [5, 5.41) is 5.61. The minimum Gasteiger partial charge on any atom is -0.302 e. The van der Waals surface area contributed by atoms with E-state index in [2.05, 4.69) is 22.1 Å². The highest BCUT2D eigenvalue weighted by atomic mass is 32.2. The largest absolute Gasteiger partial charge is 0.302 e. The number of piperidine rings is 2. The first-order valence-electron chi connectivity index (χ1n) is 11.8. The fourth-order valence-corrected chi connectivity index (χ4v) is 6.74. The van der Waals surface area contributed by atoms with Gasteiger partial charge in [0.15, 0.2) is 5.13 Å². The van der Waals surface area contributed by atoms with Crippen molar-refractivity contribution in [3.63, 3.8) is 0 Å². The minimum absolute atomic E-state index is 0.0640. The lowest BCUT2D eigenvalue weighted by Crippen LogP contribution is -2.41. The van der Waals surface area contributed by atoms with Crippen LogP contribution in [0.2, 0.25) is 0 Å². The standard InChI is InChI=1S/C24H34N4O3S2/c1-17-6-10-27(11-7-17)15-21-16-32-24(25-21)26-23(29)20-8-12-28(13-9-20)33(30,31)22-5-4-18(2)19(3)14-22/h4-5,14,16-17,20H,6-13,15H2,1-3H3,(H,25,26,29). The Balaban J connectivity index is 1.29. The van der Waals surface area contributed by atoms with Crippen LogP contribution in [0.15, 0.2) is 28.5 Å². The molecule has 7 nitrogen and oxygen atoms in total. The third-order valence-electron chi connectivity index (χ3n) is 6.98. The number of thiazole rings is 1. The number of hydrogen-bond donors (Lipinski definition) is 1. The molecular formula is C24H34N4O3S2. The normalized spacial score (nSPS) is 19.6. The Kier molecular flexibility index (Phi) is 7.53. The Morgan fingerprint density at radius 3 is 2.45 bits per heavy atom. The molecule has 0 bridgehead atoms. The molecule has 2 aliphatic rings. The molecule has 0 saturated carbocycles. The van der Waals surface area contributed by atoms with Crippen LogP contribution in [0.3, 0.4) is 0 Å². The first-order chi connectivity index (χ1) is 15.7. The van der Waals surface area contributed by atoms with Crippen molar-refractivity contribution in [3.8, 4) is 0 Å². The zero-order chi connectivity index (χ0) is 23.6. The third kappa shape index (κ3) is 5.82. The quantitative estimate of drug-likeness (QED) is 0.661. The van der Waals surface area contributed by atoms with Gasteiger partial charge >= 0.3 is 0 Å². The number of carbonyl (C=O) groups excluding carboxylic acids is 1. The third-order valence-corrected chi connectivity index (χ3v) is 9.69. The Labute approximate surface area is 201 Å². The highest BCUT2D eigenvalue weighted by Gasteiger charge is 2.32. The molecule has 1 aromatic carbocycles. The molecule has 0 atom stereocenters. The van der Waals surface area contributed by atoms with Crippen LogP contribution in [0.1, 0.15) is 49.4 Å². The van der Waals surface area contributed by atoms with Gasteiger partial charge in [0, 0.05) is 30.9 Å². The monoisotopic (exact) mass is 490 g/mol. The smallest absolute Gasteiger partial charge is 0.243 e. The molecule has 0 unspecified atom stereocenters. The lowest BCUT2D eigenvalue weighted by atomic mass is 9.97. The molecule has 0 spiro atoms. The number of anilines is 1. The van der Waals surface area contributed by atoms with Crippen molar-refractivity contribution in [3.05, 3.63) is 40.4 Å². The summed E-state index contributed by atoms with van der Waals surface area (Å²) in [6.07, 6.45) is 3.48. The minimum atomic E-state index is -3.54. The van der Waals surface area contributed by atoms with Gasteiger partial charge in [-0.2, -0.15) is 4.31 Å². The maximum absolute atomic E-state index is 13.0. The summed E-state index contributed by atoms with van der Waals surface area (Å²) in [5.74, 6) is 0.534. The van der Waals surface area contributed by atoms with Crippen molar-refractivity contribution in [1.29, 1.82) is 0 Å². The molecule has 2 saturated heterocycles. The molecular weight excluding hydrogens is 456 g/mol. The summed E-state index contributed by atoms with van der Waals surface area (Å²) < 4.78 is 27.5. The van der Waals surface area contributed by atoms with E-state index in [1.165, 1.54) is 28.5 Å². The number of hydrogen-bond acceptors (Lipinski definition) is 6. The van der Waals surface area contributed by atoms with Crippen LogP contribution in [0.4, 0.5) is 5.13 Å². The Hall–Kier alpha value is -1.81. The molecule has 33 heavy (non-hydrogen) atoms. The second kappa shape index (κ2) is 10.2. The number of nitrogens with one attached hydrogen (secondary N) is 1. The molecule has 4 rings (SSSR count). The fraction of sp³-hybridized carbons (Fsp3) is 0.583. The van der Waals surface area contributed by atoms with E-state index < -0.39 is 10.0 Å². The second-order valence-corrected chi connectivity index (χ2v) is 12.3. The SMILES string of the molecule is Cc1ccc(S(=O)(=O)N2CCC(C(=O)Nc3nc(CN4CCC(C)CC4)cs3)CC2)cc1C. The van der Waals surface area contributed by atoms with Crippen LogP contribution in [-0.4, -0.2) is 54.7 Å². The molecule has 180 valence electrons. The molecule has 9 heteroatoms. The fourth-order valence-electron chi connectivity index (χ4n) is 4.48. The van der Waals surface area contributed by atoms with Crippen LogP contribution >= 0.6 is 11.3 Å². The molecule has 2 fully saturated rings.